The van der Waals surface area contributed by atoms with Crippen LogP contribution in [0.15, 0.2) is 73.2 Å². The average Bonchev–Trinajstić information content (AvgIpc) is 3.32. The summed E-state index contributed by atoms with van der Waals surface area (Å²) in [5.74, 6) is 1.30. The third-order valence-electron chi connectivity index (χ3n) is 6.55. The van der Waals surface area contributed by atoms with Crippen molar-refractivity contribution in [3.05, 3.63) is 78.8 Å². The Morgan fingerprint density at radius 1 is 0.882 bits per heavy atom. The van der Waals surface area contributed by atoms with E-state index in [1.54, 1.807) is 0 Å². The highest BCUT2D eigenvalue weighted by Crippen LogP contribution is 2.32. The summed E-state index contributed by atoms with van der Waals surface area (Å²) in [5, 5.41) is 7.99. The SMILES string of the molecule is c1ccc(CNc2nc(Nc3ccc4ncccc4c3)nc3c2ncn3C2CCCCC2)cc1. The highest BCUT2D eigenvalue weighted by atomic mass is 15.2. The van der Waals surface area contributed by atoms with Gasteiger partial charge in [0.2, 0.25) is 5.95 Å². The number of rotatable bonds is 6. The third-order valence-corrected chi connectivity index (χ3v) is 6.55. The molecule has 1 aliphatic carbocycles. The Morgan fingerprint density at radius 2 is 1.76 bits per heavy atom. The number of benzene rings is 2. The van der Waals surface area contributed by atoms with E-state index < -0.39 is 0 Å². The van der Waals surface area contributed by atoms with Crippen molar-refractivity contribution >= 4 is 39.5 Å². The zero-order valence-corrected chi connectivity index (χ0v) is 19.0. The Hall–Kier alpha value is -4.00. The maximum absolute atomic E-state index is 4.92. The zero-order chi connectivity index (χ0) is 22.7. The van der Waals surface area contributed by atoms with Gasteiger partial charge in [0.05, 0.1) is 11.8 Å². The van der Waals surface area contributed by atoms with Gasteiger partial charge in [-0.25, -0.2) is 4.98 Å². The summed E-state index contributed by atoms with van der Waals surface area (Å²) in [7, 11) is 0. The third kappa shape index (κ3) is 4.17. The number of imidazole rings is 1. The number of nitrogens with one attached hydrogen (secondary N) is 2. The van der Waals surface area contributed by atoms with Crippen molar-refractivity contribution in [1.82, 2.24) is 24.5 Å². The van der Waals surface area contributed by atoms with E-state index in [-0.39, 0.29) is 0 Å². The maximum Gasteiger partial charge on any atom is 0.231 e. The molecule has 2 N–H and O–H groups in total. The molecule has 0 aliphatic heterocycles. The molecule has 0 unspecified atom stereocenters. The number of pyridine rings is 1. The summed E-state index contributed by atoms with van der Waals surface area (Å²) in [5.41, 5.74) is 4.78. The van der Waals surface area contributed by atoms with Crippen LogP contribution in [0.1, 0.15) is 43.7 Å². The Kier molecular flexibility index (Phi) is 5.51. The van der Waals surface area contributed by atoms with Crippen molar-refractivity contribution in [2.24, 2.45) is 0 Å². The van der Waals surface area contributed by atoms with Crippen LogP contribution < -0.4 is 10.6 Å². The predicted molar refractivity (Wildman–Crippen MR) is 136 cm³/mol. The monoisotopic (exact) mass is 449 g/mol. The molecule has 2 aromatic carbocycles. The van der Waals surface area contributed by atoms with Crippen LogP contribution in [0.25, 0.3) is 22.1 Å². The molecule has 0 spiro atoms. The van der Waals surface area contributed by atoms with Crippen molar-refractivity contribution in [3.8, 4) is 0 Å². The molecule has 1 aliphatic rings. The van der Waals surface area contributed by atoms with Gasteiger partial charge in [-0.05, 0) is 42.7 Å². The van der Waals surface area contributed by atoms with Crippen molar-refractivity contribution < 1.29 is 0 Å². The second-order valence-corrected chi connectivity index (χ2v) is 8.89. The van der Waals surface area contributed by atoms with Gasteiger partial charge in [-0.2, -0.15) is 9.97 Å². The molecule has 1 saturated carbocycles. The molecule has 170 valence electrons. The molecule has 0 saturated heterocycles. The van der Waals surface area contributed by atoms with Crippen LogP contribution in [0.4, 0.5) is 17.5 Å². The number of hydrogen-bond donors (Lipinski definition) is 2. The molecule has 7 heteroatoms. The van der Waals surface area contributed by atoms with Crippen LogP contribution in [0.3, 0.4) is 0 Å². The maximum atomic E-state index is 4.92. The van der Waals surface area contributed by atoms with Crippen LogP contribution in [0.2, 0.25) is 0 Å². The molecule has 6 rings (SSSR count). The standard InChI is InChI=1S/C27H27N7/c1-3-8-19(9-4-1)17-29-25-24-26(34(18-30-24)22-11-5-2-6-12-22)33-27(32-25)31-21-13-14-23-20(16-21)10-7-15-28-23/h1,3-4,7-10,13-16,18,22H,2,5-6,11-12,17H2,(H2,29,31,32,33). The highest BCUT2D eigenvalue weighted by molar-refractivity contribution is 5.86. The van der Waals surface area contributed by atoms with Gasteiger partial charge >= 0.3 is 0 Å². The summed E-state index contributed by atoms with van der Waals surface area (Å²) in [4.78, 5) is 18.9. The fraction of sp³-hybridized carbons (Fsp3) is 0.259. The van der Waals surface area contributed by atoms with E-state index in [1.165, 1.54) is 37.7 Å². The summed E-state index contributed by atoms with van der Waals surface area (Å²) < 4.78 is 2.25. The molecule has 1 fully saturated rings. The fourth-order valence-corrected chi connectivity index (χ4v) is 4.79. The second-order valence-electron chi connectivity index (χ2n) is 8.89. The molecule has 34 heavy (non-hydrogen) atoms. The lowest BCUT2D eigenvalue weighted by atomic mass is 9.95. The van der Waals surface area contributed by atoms with Crippen molar-refractivity contribution in [3.63, 3.8) is 0 Å². The molecule has 0 radical (unpaired) electrons. The first kappa shape index (κ1) is 20.6. The summed E-state index contributed by atoms with van der Waals surface area (Å²) >= 11 is 0. The lowest BCUT2D eigenvalue weighted by Gasteiger charge is -2.23. The smallest absolute Gasteiger partial charge is 0.231 e. The van der Waals surface area contributed by atoms with Gasteiger partial charge in [-0.3, -0.25) is 4.98 Å². The van der Waals surface area contributed by atoms with Gasteiger partial charge in [0.15, 0.2) is 17.0 Å². The van der Waals surface area contributed by atoms with E-state index in [0.717, 1.165) is 33.6 Å². The van der Waals surface area contributed by atoms with Gasteiger partial charge in [-0.1, -0.05) is 55.7 Å². The quantitative estimate of drug-likeness (QED) is 0.320. The predicted octanol–water partition coefficient (Wildman–Crippen LogP) is 6.24. The van der Waals surface area contributed by atoms with Gasteiger partial charge in [0.1, 0.15) is 0 Å². The first-order valence-corrected chi connectivity index (χ1v) is 12.0. The first-order valence-electron chi connectivity index (χ1n) is 12.0. The Morgan fingerprint density at radius 3 is 2.65 bits per heavy atom. The number of nitrogens with zero attached hydrogens (tertiary/aromatic N) is 5. The lowest BCUT2D eigenvalue weighted by molar-refractivity contribution is 0.358. The van der Waals surface area contributed by atoms with Crippen LogP contribution in [0, 0.1) is 0 Å². The fourth-order valence-electron chi connectivity index (χ4n) is 4.79. The highest BCUT2D eigenvalue weighted by Gasteiger charge is 2.21. The van der Waals surface area contributed by atoms with Gasteiger partial charge in [0.25, 0.3) is 0 Å². The van der Waals surface area contributed by atoms with Gasteiger partial charge in [0, 0.05) is 29.9 Å². The normalized spacial score (nSPS) is 14.5. The summed E-state index contributed by atoms with van der Waals surface area (Å²) in [6, 6.07) is 20.9. The zero-order valence-electron chi connectivity index (χ0n) is 19.0. The van der Waals surface area contributed by atoms with Crippen molar-refractivity contribution in [2.45, 2.75) is 44.7 Å². The topological polar surface area (TPSA) is 80.6 Å². The van der Waals surface area contributed by atoms with Crippen molar-refractivity contribution in [1.29, 1.82) is 0 Å². The van der Waals surface area contributed by atoms with E-state index in [2.05, 4.69) is 44.5 Å². The van der Waals surface area contributed by atoms with E-state index in [1.807, 2.05) is 48.9 Å². The van der Waals surface area contributed by atoms with Crippen LogP contribution in [-0.2, 0) is 6.54 Å². The molecule has 0 bridgehead atoms. The Bertz CT molecular complexity index is 1420. The molecular weight excluding hydrogens is 422 g/mol. The molecule has 0 atom stereocenters. The summed E-state index contributed by atoms with van der Waals surface area (Å²) in [6.07, 6.45) is 9.91. The Labute approximate surface area is 198 Å². The Balaban J connectivity index is 1.38. The average molecular weight is 450 g/mol. The molecule has 3 heterocycles. The molecule has 3 aromatic heterocycles. The number of aromatic nitrogens is 5. The largest absolute Gasteiger partial charge is 0.364 e. The van der Waals surface area contributed by atoms with Crippen LogP contribution >= 0.6 is 0 Å². The van der Waals surface area contributed by atoms with Gasteiger partial charge in [-0.15, -0.1) is 0 Å². The van der Waals surface area contributed by atoms with E-state index in [4.69, 9.17) is 15.0 Å². The van der Waals surface area contributed by atoms with Gasteiger partial charge < -0.3 is 15.2 Å². The van der Waals surface area contributed by atoms with Crippen LogP contribution in [0.5, 0.6) is 0 Å². The summed E-state index contributed by atoms with van der Waals surface area (Å²) in [6.45, 7) is 0.671. The molecule has 5 aromatic rings. The number of fused-ring (bicyclic) bond motifs is 2. The number of anilines is 3. The van der Waals surface area contributed by atoms with E-state index >= 15 is 0 Å². The van der Waals surface area contributed by atoms with Crippen molar-refractivity contribution in [2.75, 3.05) is 10.6 Å². The molecule has 0 amide bonds. The molecule has 7 nitrogen and oxygen atoms in total. The van der Waals surface area contributed by atoms with E-state index in [9.17, 15) is 0 Å². The van der Waals surface area contributed by atoms with Crippen LogP contribution in [-0.4, -0.2) is 24.5 Å². The minimum atomic E-state index is 0.440. The second kappa shape index (κ2) is 9.09. The first-order chi connectivity index (χ1) is 16.8. The lowest BCUT2D eigenvalue weighted by Crippen LogP contribution is -2.13. The minimum absolute atomic E-state index is 0.440. The van der Waals surface area contributed by atoms with E-state index in [0.29, 0.717) is 18.5 Å². The molecular formula is C27H27N7. The minimum Gasteiger partial charge on any atom is -0.364 e. The number of hydrogen-bond acceptors (Lipinski definition) is 6.